The van der Waals surface area contributed by atoms with Crippen LogP contribution in [0, 0.1) is 25.5 Å². The average Bonchev–Trinajstić information content (AvgIpc) is 2.34. The molecule has 1 aromatic heterocycles. The number of aryl methyl sites for hydroxylation is 2. The van der Waals surface area contributed by atoms with Crippen LogP contribution in [0.15, 0.2) is 30.3 Å². The third-order valence-corrected chi connectivity index (χ3v) is 2.86. The third-order valence-electron chi connectivity index (χ3n) is 2.86. The second kappa shape index (κ2) is 4.82. The Hall–Kier alpha value is -1.81. The van der Waals surface area contributed by atoms with Gasteiger partial charge in [0.15, 0.2) is 0 Å². The van der Waals surface area contributed by atoms with Crippen molar-refractivity contribution in [2.75, 3.05) is 0 Å². The molecule has 0 saturated carbocycles. The Morgan fingerprint density at radius 1 is 1.11 bits per heavy atom. The van der Waals surface area contributed by atoms with Crippen LogP contribution in [0.3, 0.4) is 0 Å². The predicted molar refractivity (Wildman–Crippen MR) is 66.1 cm³/mol. The zero-order valence-corrected chi connectivity index (χ0v) is 10.2. The van der Waals surface area contributed by atoms with Crippen molar-refractivity contribution in [3.05, 3.63) is 64.5 Å². The van der Waals surface area contributed by atoms with Crippen LogP contribution in [-0.2, 0) is 0 Å². The lowest BCUT2D eigenvalue weighted by atomic mass is 10.00. The summed E-state index contributed by atoms with van der Waals surface area (Å²) in [6, 6.07) is 6.96. The smallest absolute Gasteiger partial charge is 0.134 e. The Labute approximate surface area is 104 Å². The van der Waals surface area contributed by atoms with Gasteiger partial charge in [0.1, 0.15) is 11.6 Å². The van der Waals surface area contributed by atoms with E-state index >= 15 is 0 Å². The second-order valence-corrected chi connectivity index (χ2v) is 4.27. The maximum absolute atomic E-state index is 14.0. The summed E-state index contributed by atoms with van der Waals surface area (Å²) in [7, 11) is 0. The Kier molecular flexibility index (Phi) is 3.39. The molecule has 2 aromatic rings. The zero-order valence-electron chi connectivity index (χ0n) is 10.2. The molecule has 1 aromatic carbocycles. The summed E-state index contributed by atoms with van der Waals surface area (Å²) >= 11 is 0. The first-order valence-corrected chi connectivity index (χ1v) is 5.64. The summed E-state index contributed by atoms with van der Waals surface area (Å²) in [6.07, 6.45) is 0. The fourth-order valence-electron chi connectivity index (χ4n) is 1.85. The van der Waals surface area contributed by atoms with Gasteiger partial charge in [0, 0.05) is 11.3 Å². The highest BCUT2D eigenvalue weighted by atomic mass is 19.1. The lowest BCUT2D eigenvalue weighted by Gasteiger charge is -2.15. The number of nitrogens with two attached hydrogens (primary N) is 1. The molecule has 1 heterocycles. The molecule has 1 atom stereocenters. The highest BCUT2D eigenvalue weighted by molar-refractivity contribution is 5.34. The van der Waals surface area contributed by atoms with E-state index in [1.807, 2.05) is 0 Å². The van der Waals surface area contributed by atoms with E-state index in [2.05, 4.69) is 4.98 Å². The highest BCUT2D eigenvalue weighted by Crippen LogP contribution is 2.25. The van der Waals surface area contributed by atoms with E-state index in [0.29, 0.717) is 11.3 Å². The van der Waals surface area contributed by atoms with Gasteiger partial charge in [-0.15, -0.1) is 0 Å². The van der Waals surface area contributed by atoms with Gasteiger partial charge in [-0.3, -0.25) is 4.98 Å². The van der Waals surface area contributed by atoms with Crippen LogP contribution in [-0.4, -0.2) is 4.98 Å². The number of halogens is 2. The van der Waals surface area contributed by atoms with Crippen molar-refractivity contribution in [1.29, 1.82) is 0 Å². The standard InChI is InChI=1S/C14H14F2N2/c1-8-6-7-10(15)12(13(8)16)14(17)11-5-3-4-9(2)18-11/h3-7,14H,17H2,1-2H3. The molecule has 1 unspecified atom stereocenters. The van der Waals surface area contributed by atoms with Crippen LogP contribution < -0.4 is 5.73 Å². The minimum absolute atomic E-state index is 0.131. The van der Waals surface area contributed by atoms with Crippen LogP contribution >= 0.6 is 0 Å². The van der Waals surface area contributed by atoms with Gasteiger partial charge in [0.25, 0.3) is 0 Å². The van der Waals surface area contributed by atoms with Crippen molar-refractivity contribution in [3.63, 3.8) is 0 Å². The summed E-state index contributed by atoms with van der Waals surface area (Å²) in [5, 5.41) is 0. The molecule has 0 bridgehead atoms. The Morgan fingerprint density at radius 2 is 1.83 bits per heavy atom. The molecule has 18 heavy (non-hydrogen) atoms. The largest absolute Gasteiger partial charge is 0.319 e. The molecule has 0 aliphatic rings. The topological polar surface area (TPSA) is 38.9 Å². The molecule has 0 radical (unpaired) electrons. The number of hydrogen-bond acceptors (Lipinski definition) is 2. The summed E-state index contributed by atoms with van der Waals surface area (Å²) in [6.45, 7) is 3.38. The van der Waals surface area contributed by atoms with E-state index in [1.165, 1.54) is 12.1 Å². The van der Waals surface area contributed by atoms with Crippen molar-refractivity contribution in [2.45, 2.75) is 19.9 Å². The first-order chi connectivity index (χ1) is 8.50. The van der Waals surface area contributed by atoms with Crippen molar-refractivity contribution in [3.8, 4) is 0 Å². The molecule has 2 rings (SSSR count). The van der Waals surface area contributed by atoms with E-state index in [1.54, 1.807) is 32.0 Å². The van der Waals surface area contributed by atoms with Gasteiger partial charge in [0.05, 0.1) is 11.7 Å². The van der Waals surface area contributed by atoms with Crippen molar-refractivity contribution < 1.29 is 8.78 Å². The minimum atomic E-state index is -0.898. The first kappa shape index (κ1) is 12.6. The van der Waals surface area contributed by atoms with Gasteiger partial charge in [-0.2, -0.15) is 0 Å². The molecule has 0 aliphatic carbocycles. The normalized spacial score (nSPS) is 12.5. The van der Waals surface area contributed by atoms with Crippen LogP contribution in [0.5, 0.6) is 0 Å². The second-order valence-electron chi connectivity index (χ2n) is 4.27. The van der Waals surface area contributed by atoms with Gasteiger partial charge < -0.3 is 5.73 Å². The number of pyridine rings is 1. The first-order valence-electron chi connectivity index (χ1n) is 5.64. The number of rotatable bonds is 2. The van der Waals surface area contributed by atoms with Crippen molar-refractivity contribution in [1.82, 2.24) is 4.98 Å². The van der Waals surface area contributed by atoms with Gasteiger partial charge in [-0.25, -0.2) is 8.78 Å². The molecule has 4 heteroatoms. The molecule has 0 amide bonds. The average molecular weight is 248 g/mol. The Morgan fingerprint density at radius 3 is 2.50 bits per heavy atom. The number of nitrogens with zero attached hydrogens (tertiary/aromatic N) is 1. The number of hydrogen-bond donors (Lipinski definition) is 1. The summed E-state index contributed by atoms with van der Waals surface area (Å²) in [4.78, 5) is 4.20. The molecule has 0 spiro atoms. The molecular weight excluding hydrogens is 234 g/mol. The molecule has 94 valence electrons. The van der Waals surface area contributed by atoms with E-state index in [4.69, 9.17) is 5.73 Å². The Bertz CT molecular complexity index is 582. The van der Waals surface area contributed by atoms with Crippen LogP contribution in [0.1, 0.15) is 28.6 Å². The summed E-state index contributed by atoms with van der Waals surface area (Å²) < 4.78 is 27.7. The lowest BCUT2D eigenvalue weighted by molar-refractivity contribution is 0.535. The molecule has 0 aliphatic heterocycles. The maximum atomic E-state index is 14.0. The van der Waals surface area contributed by atoms with E-state index in [9.17, 15) is 8.78 Å². The molecular formula is C14H14F2N2. The summed E-state index contributed by atoms with van der Waals surface area (Å²) in [5.41, 5.74) is 7.37. The van der Waals surface area contributed by atoms with Gasteiger partial charge in [-0.1, -0.05) is 12.1 Å². The molecule has 0 fully saturated rings. The van der Waals surface area contributed by atoms with Crippen LogP contribution in [0.2, 0.25) is 0 Å². The number of benzene rings is 1. The van der Waals surface area contributed by atoms with Gasteiger partial charge in [0.2, 0.25) is 0 Å². The van der Waals surface area contributed by atoms with Crippen molar-refractivity contribution >= 4 is 0 Å². The minimum Gasteiger partial charge on any atom is -0.319 e. The van der Waals surface area contributed by atoms with E-state index in [-0.39, 0.29) is 5.56 Å². The fourth-order valence-corrected chi connectivity index (χ4v) is 1.85. The highest BCUT2D eigenvalue weighted by Gasteiger charge is 2.20. The van der Waals surface area contributed by atoms with E-state index in [0.717, 1.165) is 5.69 Å². The number of aromatic nitrogens is 1. The van der Waals surface area contributed by atoms with Crippen molar-refractivity contribution in [2.24, 2.45) is 5.73 Å². The SMILES string of the molecule is Cc1cccc(C(N)c2c(F)ccc(C)c2F)n1. The third kappa shape index (κ3) is 2.24. The van der Waals surface area contributed by atoms with Gasteiger partial charge in [-0.05, 0) is 37.6 Å². The lowest BCUT2D eigenvalue weighted by Crippen LogP contribution is -2.18. The predicted octanol–water partition coefficient (Wildman–Crippen LogP) is 3.02. The van der Waals surface area contributed by atoms with E-state index < -0.39 is 17.7 Å². The summed E-state index contributed by atoms with van der Waals surface area (Å²) in [5.74, 6) is -1.25. The van der Waals surface area contributed by atoms with Crippen LogP contribution in [0.25, 0.3) is 0 Å². The maximum Gasteiger partial charge on any atom is 0.134 e. The molecule has 2 N–H and O–H groups in total. The fraction of sp³-hybridized carbons (Fsp3) is 0.214. The van der Waals surface area contributed by atoms with Gasteiger partial charge >= 0.3 is 0 Å². The quantitative estimate of drug-likeness (QED) is 0.887. The molecule has 0 saturated heterocycles. The molecule has 2 nitrogen and oxygen atoms in total. The Balaban J connectivity index is 2.52. The monoisotopic (exact) mass is 248 g/mol. The zero-order chi connectivity index (χ0) is 13.3. The van der Waals surface area contributed by atoms with Crippen LogP contribution in [0.4, 0.5) is 8.78 Å².